The molecule has 4 heteroatoms. The summed E-state index contributed by atoms with van der Waals surface area (Å²) >= 11 is 0. The maximum atomic E-state index is 11.1. The van der Waals surface area contributed by atoms with E-state index in [2.05, 4.69) is 93.5 Å². The first-order valence-electron chi connectivity index (χ1n) is 16.3. The molecule has 42 heavy (non-hydrogen) atoms. The first-order chi connectivity index (χ1) is 19.5. The van der Waals surface area contributed by atoms with Crippen molar-refractivity contribution in [2.45, 2.75) is 144 Å². The molecule has 1 fully saturated rings. The van der Waals surface area contributed by atoms with Gasteiger partial charge in [0.05, 0.1) is 12.1 Å². The Balaban J connectivity index is 1.71. The minimum absolute atomic E-state index is 0.132. The van der Waals surface area contributed by atoms with Gasteiger partial charge < -0.3 is 10.2 Å². The molecule has 0 amide bonds. The Kier molecular flexibility index (Phi) is 11.5. The summed E-state index contributed by atoms with van der Waals surface area (Å²) in [7, 11) is 0. The zero-order valence-corrected chi connectivity index (χ0v) is 28.2. The fourth-order valence-electron chi connectivity index (χ4n) is 5.71. The Bertz CT molecular complexity index is 1140. The molecule has 0 aliphatic heterocycles. The third-order valence-electron chi connectivity index (χ3n) is 8.55. The molecule has 3 rings (SSSR count). The van der Waals surface area contributed by atoms with Gasteiger partial charge in [-0.05, 0) is 97.3 Å². The quantitative estimate of drug-likeness (QED) is 0.277. The molecule has 0 spiro atoms. The molecule has 0 saturated heterocycles. The first-order valence-corrected chi connectivity index (χ1v) is 16.3. The normalized spacial score (nSPS) is 18.7. The third kappa shape index (κ3) is 9.71. The van der Waals surface area contributed by atoms with Gasteiger partial charge in [-0.3, -0.25) is 9.98 Å². The highest BCUT2D eigenvalue weighted by atomic mass is 16.3. The van der Waals surface area contributed by atoms with Gasteiger partial charge in [-0.15, -0.1) is 0 Å². The molecule has 2 aromatic rings. The molecule has 4 nitrogen and oxygen atoms in total. The van der Waals surface area contributed by atoms with Crippen LogP contribution in [0.1, 0.15) is 141 Å². The van der Waals surface area contributed by atoms with Crippen molar-refractivity contribution < 1.29 is 10.2 Å². The maximum absolute atomic E-state index is 11.1. The molecule has 1 aliphatic carbocycles. The van der Waals surface area contributed by atoms with Crippen LogP contribution in [0.2, 0.25) is 0 Å². The van der Waals surface area contributed by atoms with E-state index in [1.807, 2.05) is 12.4 Å². The lowest BCUT2D eigenvalue weighted by atomic mass is 9.83. The number of aromatic hydroxyl groups is 2. The summed E-state index contributed by atoms with van der Waals surface area (Å²) in [5.74, 6) is 2.01. The van der Waals surface area contributed by atoms with E-state index in [1.165, 1.54) is 11.1 Å². The van der Waals surface area contributed by atoms with Crippen LogP contribution in [0.3, 0.4) is 0 Å². The van der Waals surface area contributed by atoms with Crippen molar-refractivity contribution in [1.29, 1.82) is 0 Å². The highest BCUT2D eigenvalue weighted by Gasteiger charge is 2.24. The molecule has 0 aromatic heterocycles. The van der Waals surface area contributed by atoms with Crippen molar-refractivity contribution in [2.75, 3.05) is 0 Å². The van der Waals surface area contributed by atoms with Gasteiger partial charge in [0.15, 0.2) is 0 Å². The second-order valence-electron chi connectivity index (χ2n) is 15.5. The Hall–Kier alpha value is -2.62. The van der Waals surface area contributed by atoms with Gasteiger partial charge in [0.1, 0.15) is 11.5 Å². The van der Waals surface area contributed by atoms with E-state index in [0.29, 0.717) is 23.3 Å². The van der Waals surface area contributed by atoms with Crippen molar-refractivity contribution in [3.8, 4) is 11.5 Å². The van der Waals surface area contributed by atoms with Gasteiger partial charge in [-0.2, -0.15) is 0 Å². The lowest BCUT2D eigenvalue weighted by molar-refractivity contribution is 0.399. The van der Waals surface area contributed by atoms with Crippen molar-refractivity contribution in [3.63, 3.8) is 0 Å². The average Bonchev–Trinajstić information content (AvgIpc) is 2.89. The van der Waals surface area contributed by atoms with Crippen LogP contribution < -0.4 is 0 Å². The summed E-state index contributed by atoms with van der Waals surface area (Å²) in [6.07, 6.45) is 12.0. The minimum Gasteiger partial charge on any atom is -0.507 e. The molecular weight excluding hydrogens is 516 g/mol. The zero-order chi connectivity index (χ0) is 31.2. The van der Waals surface area contributed by atoms with Crippen LogP contribution in [0, 0.1) is 11.8 Å². The minimum atomic E-state index is -0.132. The molecule has 0 radical (unpaired) electrons. The topological polar surface area (TPSA) is 65.2 Å². The van der Waals surface area contributed by atoms with Gasteiger partial charge in [0.25, 0.3) is 0 Å². The van der Waals surface area contributed by atoms with Gasteiger partial charge in [-0.25, -0.2) is 0 Å². The SMILES string of the molecule is CC(C)CCc1cc(C=NC2CCC(N=Cc3cc(CCC(C)C)cc(C(C)(C)C)c3O)CC2)c(O)c(C(C)(C)C)c1. The van der Waals surface area contributed by atoms with Crippen LogP contribution in [-0.2, 0) is 23.7 Å². The number of hydrogen-bond acceptors (Lipinski definition) is 4. The smallest absolute Gasteiger partial charge is 0.128 e. The molecule has 0 bridgehead atoms. The highest BCUT2D eigenvalue weighted by molar-refractivity contribution is 5.85. The Morgan fingerprint density at radius 2 is 0.976 bits per heavy atom. The Morgan fingerprint density at radius 3 is 1.26 bits per heavy atom. The van der Waals surface area contributed by atoms with Crippen LogP contribution in [0.25, 0.3) is 0 Å². The molecule has 0 atom stereocenters. The zero-order valence-electron chi connectivity index (χ0n) is 28.2. The monoisotopic (exact) mass is 574 g/mol. The molecule has 0 heterocycles. The van der Waals surface area contributed by atoms with Crippen LogP contribution in [0.4, 0.5) is 0 Å². The second-order valence-corrected chi connectivity index (χ2v) is 15.5. The average molecular weight is 575 g/mol. The van der Waals surface area contributed by atoms with Crippen molar-refractivity contribution in [3.05, 3.63) is 57.6 Å². The van der Waals surface area contributed by atoms with Gasteiger partial charge in [0, 0.05) is 34.7 Å². The van der Waals surface area contributed by atoms with Crippen molar-refractivity contribution in [1.82, 2.24) is 0 Å². The second kappa shape index (κ2) is 14.2. The molecule has 1 aliphatic rings. The number of nitrogens with zero attached hydrogens (tertiary/aromatic N) is 2. The van der Waals surface area contributed by atoms with E-state index in [0.717, 1.165) is 73.6 Å². The lowest BCUT2D eigenvalue weighted by Gasteiger charge is -2.25. The number of hydrogen-bond donors (Lipinski definition) is 2. The summed E-state index contributed by atoms with van der Waals surface area (Å²) in [6.45, 7) is 22.0. The predicted octanol–water partition coefficient (Wildman–Crippen LogP) is 9.72. The predicted molar refractivity (Wildman–Crippen MR) is 181 cm³/mol. The van der Waals surface area contributed by atoms with E-state index < -0.39 is 0 Å². The van der Waals surface area contributed by atoms with Crippen LogP contribution in [0.15, 0.2) is 34.3 Å². The Morgan fingerprint density at radius 1 is 0.643 bits per heavy atom. The number of aliphatic imine (C=N–C) groups is 2. The molecule has 2 N–H and O–H groups in total. The maximum Gasteiger partial charge on any atom is 0.128 e. The third-order valence-corrected chi connectivity index (χ3v) is 8.55. The largest absolute Gasteiger partial charge is 0.507 e. The van der Waals surface area contributed by atoms with E-state index in [4.69, 9.17) is 9.98 Å². The van der Waals surface area contributed by atoms with Gasteiger partial charge >= 0.3 is 0 Å². The molecule has 0 unspecified atom stereocenters. The summed E-state index contributed by atoms with van der Waals surface area (Å²) in [5, 5.41) is 22.2. The number of phenols is 2. The van der Waals surface area contributed by atoms with E-state index in [1.54, 1.807) is 0 Å². The van der Waals surface area contributed by atoms with Gasteiger partial charge in [-0.1, -0.05) is 81.4 Å². The fraction of sp³-hybridized carbons (Fsp3) is 0.632. The highest BCUT2D eigenvalue weighted by Crippen LogP contribution is 2.36. The van der Waals surface area contributed by atoms with E-state index >= 15 is 0 Å². The molecule has 232 valence electrons. The molecular formula is C38H58N2O2. The van der Waals surface area contributed by atoms with Crippen LogP contribution in [0.5, 0.6) is 11.5 Å². The van der Waals surface area contributed by atoms with Crippen molar-refractivity contribution >= 4 is 12.4 Å². The first kappa shape index (κ1) is 33.9. The van der Waals surface area contributed by atoms with Crippen LogP contribution >= 0.6 is 0 Å². The van der Waals surface area contributed by atoms with E-state index in [9.17, 15) is 10.2 Å². The number of benzene rings is 2. The van der Waals surface area contributed by atoms with Gasteiger partial charge in [0.2, 0.25) is 0 Å². The lowest BCUT2D eigenvalue weighted by Crippen LogP contribution is -2.20. The standard InChI is InChI=1S/C38H58N2O2/c1-25(2)11-13-27-19-29(35(41)33(21-27)37(5,6)7)23-39-31-15-17-32(18-16-31)40-24-30-20-28(14-12-26(3)4)22-34(36(30)42)38(8,9)10/h19-26,31-32,41-42H,11-18H2,1-10H3. The fourth-order valence-corrected chi connectivity index (χ4v) is 5.71. The van der Waals surface area contributed by atoms with Crippen molar-refractivity contribution in [2.24, 2.45) is 21.8 Å². The number of phenolic OH excluding ortho intramolecular Hbond substituents is 2. The Labute approximate surface area is 256 Å². The van der Waals surface area contributed by atoms with Crippen LogP contribution in [-0.4, -0.2) is 34.7 Å². The summed E-state index contributed by atoms with van der Waals surface area (Å²) < 4.78 is 0. The summed E-state index contributed by atoms with van der Waals surface area (Å²) in [4.78, 5) is 9.90. The number of rotatable bonds is 10. The molecule has 1 saturated carbocycles. The molecule has 2 aromatic carbocycles. The number of aryl methyl sites for hydroxylation is 2. The summed E-state index contributed by atoms with van der Waals surface area (Å²) in [6, 6.07) is 9.10. The summed E-state index contributed by atoms with van der Waals surface area (Å²) in [5.41, 5.74) is 5.95. The van der Waals surface area contributed by atoms with E-state index in [-0.39, 0.29) is 22.9 Å².